The smallest absolute Gasteiger partial charge is 0.228 e. The number of rotatable bonds is 4. The van der Waals surface area contributed by atoms with Gasteiger partial charge in [0.25, 0.3) is 0 Å². The quantitative estimate of drug-likeness (QED) is 0.898. The molecule has 2 heterocycles. The number of amides is 1. The number of para-hydroxylation sites is 2. The lowest BCUT2D eigenvalue weighted by Gasteiger charge is -2.22. The molecule has 2 aliphatic heterocycles. The Bertz CT molecular complexity index is 940. The lowest BCUT2D eigenvalue weighted by molar-refractivity contribution is -0.119. The minimum Gasteiger partial charge on any atom is -0.367 e. The number of carbonyl (C=O) groups is 1. The molecule has 1 amide bonds. The predicted molar refractivity (Wildman–Crippen MR) is 103 cm³/mol. The summed E-state index contributed by atoms with van der Waals surface area (Å²) in [6, 6.07) is 16.2. The molecule has 2 aliphatic rings. The van der Waals surface area contributed by atoms with Crippen molar-refractivity contribution in [2.45, 2.75) is 19.4 Å². The molecule has 1 fully saturated rings. The first-order chi connectivity index (χ1) is 12.5. The van der Waals surface area contributed by atoms with Gasteiger partial charge in [0, 0.05) is 24.5 Å². The topological polar surface area (TPSA) is 66.5 Å². The zero-order valence-electron chi connectivity index (χ0n) is 14.5. The number of hydrogen-bond donors (Lipinski definition) is 1. The van der Waals surface area contributed by atoms with E-state index in [1.165, 1.54) is 11.3 Å². The van der Waals surface area contributed by atoms with E-state index in [0.29, 0.717) is 6.42 Å². The van der Waals surface area contributed by atoms with E-state index in [9.17, 15) is 13.2 Å². The van der Waals surface area contributed by atoms with Gasteiger partial charge in [-0.3, -0.25) is 4.79 Å². The number of hydrogen-bond acceptors (Lipinski definition) is 4. The number of carbonyl (C=O) groups excluding carboxylic acids is 1. The summed E-state index contributed by atoms with van der Waals surface area (Å²) in [5, 5.41) is 2.96. The van der Waals surface area contributed by atoms with Crippen LogP contribution in [0, 0.1) is 5.92 Å². The van der Waals surface area contributed by atoms with Gasteiger partial charge in [-0.25, -0.2) is 8.42 Å². The molecule has 136 valence electrons. The van der Waals surface area contributed by atoms with Crippen LogP contribution in [0.4, 0.5) is 11.4 Å². The maximum atomic E-state index is 12.5. The molecule has 2 aromatic rings. The molecule has 6 heteroatoms. The minimum atomic E-state index is -3.06. The summed E-state index contributed by atoms with van der Waals surface area (Å²) in [7, 11) is -3.06. The first kappa shape index (κ1) is 17.1. The molecule has 2 aromatic carbocycles. The number of benzene rings is 2. The number of nitrogens with one attached hydrogen (secondary N) is 1. The molecule has 1 atom stereocenters. The average Bonchev–Trinajstić information content (AvgIpc) is 3.20. The Kier molecular flexibility index (Phi) is 4.44. The Morgan fingerprint density at radius 1 is 1.12 bits per heavy atom. The standard InChI is InChI=1S/C20H22N2O3S/c23-20(17-10-12-26(24,25)14-17)21-18-7-3-1-6-16(18)13-22-11-9-15-5-2-4-8-19(15)22/h1-8,17H,9-14H2,(H,21,23). The van der Waals surface area contributed by atoms with Crippen LogP contribution in [0.3, 0.4) is 0 Å². The average molecular weight is 370 g/mol. The molecule has 4 rings (SSSR count). The van der Waals surface area contributed by atoms with Crippen molar-refractivity contribution < 1.29 is 13.2 Å². The highest BCUT2D eigenvalue weighted by atomic mass is 32.2. The van der Waals surface area contributed by atoms with Gasteiger partial charge in [-0.15, -0.1) is 0 Å². The van der Waals surface area contributed by atoms with Gasteiger partial charge in [-0.1, -0.05) is 36.4 Å². The highest BCUT2D eigenvalue weighted by Crippen LogP contribution is 2.30. The van der Waals surface area contributed by atoms with E-state index in [1.54, 1.807) is 0 Å². The lowest BCUT2D eigenvalue weighted by Crippen LogP contribution is -2.25. The first-order valence-electron chi connectivity index (χ1n) is 8.94. The van der Waals surface area contributed by atoms with E-state index in [2.05, 4.69) is 28.4 Å². The SMILES string of the molecule is O=C(Nc1ccccc1CN1CCc2ccccc21)C1CCS(=O)(=O)C1. The van der Waals surface area contributed by atoms with Crippen molar-refractivity contribution in [2.75, 3.05) is 28.3 Å². The molecule has 1 saturated heterocycles. The van der Waals surface area contributed by atoms with E-state index >= 15 is 0 Å². The van der Waals surface area contributed by atoms with Crippen LogP contribution >= 0.6 is 0 Å². The molecular weight excluding hydrogens is 348 g/mol. The fourth-order valence-corrected chi connectivity index (χ4v) is 5.53. The molecule has 0 aliphatic carbocycles. The van der Waals surface area contributed by atoms with E-state index < -0.39 is 15.8 Å². The van der Waals surface area contributed by atoms with Crippen molar-refractivity contribution in [3.8, 4) is 0 Å². The minimum absolute atomic E-state index is 0.0412. The fourth-order valence-electron chi connectivity index (χ4n) is 3.79. The van der Waals surface area contributed by atoms with Gasteiger partial charge in [-0.05, 0) is 36.1 Å². The van der Waals surface area contributed by atoms with E-state index in [-0.39, 0.29) is 17.4 Å². The molecule has 1 unspecified atom stereocenters. The van der Waals surface area contributed by atoms with Crippen molar-refractivity contribution in [1.29, 1.82) is 0 Å². The summed E-state index contributed by atoms with van der Waals surface area (Å²) in [5.74, 6) is -0.571. The Balaban J connectivity index is 1.50. The molecule has 26 heavy (non-hydrogen) atoms. The molecular formula is C20H22N2O3S. The van der Waals surface area contributed by atoms with Crippen LogP contribution < -0.4 is 10.2 Å². The third-order valence-corrected chi connectivity index (χ3v) is 6.99. The number of nitrogens with zero attached hydrogens (tertiary/aromatic N) is 1. The van der Waals surface area contributed by atoms with E-state index in [4.69, 9.17) is 0 Å². The summed E-state index contributed by atoms with van der Waals surface area (Å²) in [4.78, 5) is 14.8. The number of sulfone groups is 1. The molecule has 5 nitrogen and oxygen atoms in total. The van der Waals surface area contributed by atoms with Crippen LogP contribution in [0.1, 0.15) is 17.5 Å². The Hall–Kier alpha value is -2.34. The van der Waals surface area contributed by atoms with Gasteiger partial charge in [0.05, 0.1) is 17.4 Å². The van der Waals surface area contributed by atoms with Gasteiger partial charge in [0.15, 0.2) is 9.84 Å². The van der Waals surface area contributed by atoms with Crippen LogP contribution in [0.15, 0.2) is 48.5 Å². The van der Waals surface area contributed by atoms with Gasteiger partial charge in [0.2, 0.25) is 5.91 Å². The Morgan fingerprint density at radius 2 is 1.88 bits per heavy atom. The number of anilines is 2. The van der Waals surface area contributed by atoms with Crippen LogP contribution in [-0.2, 0) is 27.6 Å². The monoisotopic (exact) mass is 370 g/mol. The second kappa shape index (κ2) is 6.76. The van der Waals surface area contributed by atoms with Gasteiger partial charge >= 0.3 is 0 Å². The third kappa shape index (κ3) is 3.46. The van der Waals surface area contributed by atoms with Gasteiger partial charge in [-0.2, -0.15) is 0 Å². The normalized spacial score (nSPS) is 20.8. The van der Waals surface area contributed by atoms with E-state index in [0.717, 1.165) is 30.8 Å². The highest BCUT2D eigenvalue weighted by molar-refractivity contribution is 7.91. The summed E-state index contributed by atoms with van der Waals surface area (Å²) in [6.45, 7) is 1.68. The summed E-state index contributed by atoms with van der Waals surface area (Å²) in [6.07, 6.45) is 1.44. The molecule has 0 saturated carbocycles. The second-order valence-electron chi connectivity index (χ2n) is 7.05. The summed E-state index contributed by atoms with van der Waals surface area (Å²) in [5.41, 5.74) is 4.41. The lowest BCUT2D eigenvalue weighted by atomic mass is 10.1. The van der Waals surface area contributed by atoms with Crippen molar-refractivity contribution >= 4 is 27.1 Å². The van der Waals surface area contributed by atoms with Crippen molar-refractivity contribution in [3.63, 3.8) is 0 Å². The van der Waals surface area contributed by atoms with Crippen LogP contribution in [0.5, 0.6) is 0 Å². The predicted octanol–water partition coefficient (Wildman–Crippen LogP) is 2.62. The van der Waals surface area contributed by atoms with Crippen molar-refractivity contribution in [2.24, 2.45) is 5.92 Å². The summed E-state index contributed by atoms with van der Waals surface area (Å²) >= 11 is 0. The van der Waals surface area contributed by atoms with Crippen LogP contribution in [0.2, 0.25) is 0 Å². The zero-order valence-corrected chi connectivity index (χ0v) is 15.3. The Morgan fingerprint density at radius 3 is 2.69 bits per heavy atom. The number of fused-ring (bicyclic) bond motifs is 1. The van der Waals surface area contributed by atoms with Crippen LogP contribution in [-0.4, -0.2) is 32.4 Å². The van der Waals surface area contributed by atoms with Gasteiger partial charge in [0.1, 0.15) is 0 Å². The van der Waals surface area contributed by atoms with Gasteiger partial charge < -0.3 is 10.2 Å². The zero-order chi connectivity index (χ0) is 18.1. The first-order valence-corrected chi connectivity index (χ1v) is 10.8. The maximum Gasteiger partial charge on any atom is 0.228 e. The maximum absolute atomic E-state index is 12.5. The molecule has 0 spiro atoms. The molecule has 0 aromatic heterocycles. The Labute approximate surface area is 153 Å². The molecule has 0 bridgehead atoms. The molecule has 0 radical (unpaired) electrons. The fraction of sp³-hybridized carbons (Fsp3) is 0.350. The second-order valence-corrected chi connectivity index (χ2v) is 9.28. The largest absolute Gasteiger partial charge is 0.367 e. The molecule has 1 N–H and O–H groups in total. The third-order valence-electron chi connectivity index (χ3n) is 5.22. The highest BCUT2D eigenvalue weighted by Gasteiger charge is 2.33. The van der Waals surface area contributed by atoms with Crippen LogP contribution in [0.25, 0.3) is 0 Å². The van der Waals surface area contributed by atoms with E-state index in [1.807, 2.05) is 30.3 Å². The summed E-state index contributed by atoms with van der Waals surface area (Å²) < 4.78 is 23.3. The van der Waals surface area contributed by atoms with Crippen molar-refractivity contribution in [3.05, 3.63) is 59.7 Å². The van der Waals surface area contributed by atoms with Crippen molar-refractivity contribution in [1.82, 2.24) is 0 Å².